The van der Waals surface area contributed by atoms with Crippen LogP contribution in [0.4, 0.5) is 0 Å². The van der Waals surface area contributed by atoms with E-state index in [4.69, 9.17) is 4.74 Å². The lowest BCUT2D eigenvalue weighted by molar-refractivity contribution is 0.183. The summed E-state index contributed by atoms with van der Waals surface area (Å²) in [7, 11) is 1.75. The van der Waals surface area contributed by atoms with E-state index in [9.17, 15) is 0 Å². The number of nitrogens with one attached hydrogen (secondary N) is 1. The predicted octanol–water partition coefficient (Wildman–Crippen LogP) is 1.75. The second kappa shape index (κ2) is 7.90. The van der Waals surface area contributed by atoms with Gasteiger partial charge in [0.2, 0.25) is 0 Å². The van der Waals surface area contributed by atoms with Gasteiger partial charge in [0.1, 0.15) is 0 Å². The van der Waals surface area contributed by atoms with Gasteiger partial charge in [0.05, 0.1) is 0 Å². The van der Waals surface area contributed by atoms with Gasteiger partial charge in [0, 0.05) is 31.6 Å². The molecule has 0 saturated heterocycles. The van der Waals surface area contributed by atoms with Crippen LogP contribution in [0.25, 0.3) is 0 Å². The number of hydrogen-bond acceptors (Lipinski definition) is 3. The van der Waals surface area contributed by atoms with Crippen molar-refractivity contribution in [2.75, 3.05) is 25.7 Å². The quantitative estimate of drug-likeness (QED) is 0.662. The fraction of sp³-hybridized carbons (Fsp3) is 1.00. The molecule has 74 valence electrons. The fourth-order valence-corrected chi connectivity index (χ4v) is 1.76. The molecule has 0 saturated carbocycles. The van der Waals surface area contributed by atoms with Crippen LogP contribution in [-0.4, -0.2) is 37.8 Å². The zero-order chi connectivity index (χ0) is 9.40. The van der Waals surface area contributed by atoms with E-state index < -0.39 is 0 Å². The molecule has 0 aliphatic carbocycles. The van der Waals surface area contributed by atoms with E-state index in [1.807, 2.05) is 11.8 Å². The highest BCUT2D eigenvalue weighted by Crippen LogP contribution is 1.99. The molecule has 0 aromatic heterocycles. The molecule has 0 aliphatic heterocycles. The van der Waals surface area contributed by atoms with Crippen LogP contribution in [0, 0.1) is 0 Å². The van der Waals surface area contributed by atoms with Gasteiger partial charge in [-0.25, -0.2) is 0 Å². The normalized spacial score (nSPS) is 16.0. The third-order valence-corrected chi connectivity index (χ3v) is 2.57. The second-order valence-electron chi connectivity index (χ2n) is 3.21. The Hall–Kier alpha value is 0.270. The number of rotatable bonds is 7. The van der Waals surface area contributed by atoms with Crippen LogP contribution < -0.4 is 5.32 Å². The Bertz CT molecular complexity index is 101. The Morgan fingerprint density at radius 3 is 2.50 bits per heavy atom. The molecule has 0 heterocycles. The number of methoxy groups -OCH3 is 1. The van der Waals surface area contributed by atoms with Gasteiger partial charge >= 0.3 is 0 Å². The first-order valence-electron chi connectivity index (χ1n) is 4.44. The molecule has 0 amide bonds. The van der Waals surface area contributed by atoms with E-state index in [2.05, 4.69) is 25.4 Å². The summed E-state index contributed by atoms with van der Waals surface area (Å²) in [6, 6.07) is 1.17. The molecule has 0 aromatic carbocycles. The van der Waals surface area contributed by atoms with E-state index in [1.165, 1.54) is 5.75 Å². The van der Waals surface area contributed by atoms with Crippen LogP contribution in [0.5, 0.6) is 0 Å². The lowest BCUT2D eigenvalue weighted by Crippen LogP contribution is -2.36. The van der Waals surface area contributed by atoms with Crippen LogP contribution in [0.3, 0.4) is 0 Å². The third kappa shape index (κ3) is 6.95. The highest BCUT2D eigenvalue weighted by Gasteiger charge is 2.05. The minimum Gasteiger partial charge on any atom is -0.385 e. The smallest absolute Gasteiger partial charge is 0.0476 e. The Morgan fingerprint density at radius 1 is 1.33 bits per heavy atom. The highest BCUT2D eigenvalue weighted by atomic mass is 32.2. The predicted molar refractivity (Wildman–Crippen MR) is 56.9 cm³/mol. The average Bonchev–Trinajstić information content (AvgIpc) is 2.01. The SMILES string of the molecule is COCCC(C)NC(C)CSC. The maximum absolute atomic E-state index is 5.01. The van der Waals surface area contributed by atoms with Crippen molar-refractivity contribution in [3.05, 3.63) is 0 Å². The molecule has 0 spiro atoms. The molecule has 3 heteroatoms. The van der Waals surface area contributed by atoms with Gasteiger partial charge in [-0.15, -0.1) is 0 Å². The number of ether oxygens (including phenoxy) is 1. The molecule has 1 N–H and O–H groups in total. The Labute approximate surface area is 80.4 Å². The molecule has 0 aliphatic rings. The Kier molecular flexibility index (Phi) is 8.07. The van der Waals surface area contributed by atoms with E-state index in [-0.39, 0.29) is 0 Å². The first-order chi connectivity index (χ1) is 5.70. The van der Waals surface area contributed by atoms with Crippen molar-refractivity contribution in [2.45, 2.75) is 32.4 Å². The minimum atomic E-state index is 0.562. The summed E-state index contributed by atoms with van der Waals surface area (Å²) in [6.07, 6.45) is 3.23. The van der Waals surface area contributed by atoms with Crippen LogP contribution >= 0.6 is 11.8 Å². The van der Waals surface area contributed by atoms with E-state index in [1.54, 1.807) is 7.11 Å². The van der Waals surface area contributed by atoms with Crippen molar-refractivity contribution in [1.29, 1.82) is 0 Å². The lowest BCUT2D eigenvalue weighted by atomic mass is 10.2. The van der Waals surface area contributed by atoms with Gasteiger partial charge in [-0.05, 0) is 26.5 Å². The van der Waals surface area contributed by atoms with Crippen molar-refractivity contribution in [3.63, 3.8) is 0 Å². The summed E-state index contributed by atoms with van der Waals surface area (Å²) in [4.78, 5) is 0. The fourth-order valence-electron chi connectivity index (χ4n) is 1.16. The largest absolute Gasteiger partial charge is 0.385 e. The topological polar surface area (TPSA) is 21.3 Å². The third-order valence-electron chi connectivity index (χ3n) is 1.74. The van der Waals surface area contributed by atoms with Crippen molar-refractivity contribution in [2.24, 2.45) is 0 Å². The Balaban J connectivity index is 3.33. The first-order valence-corrected chi connectivity index (χ1v) is 5.84. The summed E-state index contributed by atoms with van der Waals surface area (Å²) in [5.74, 6) is 1.18. The molecule has 0 radical (unpaired) electrons. The molecule has 0 bridgehead atoms. The molecular formula is C9H21NOS. The van der Waals surface area contributed by atoms with Crippen LogP contribution in [-0.2, 0) is 4.74 Å². The zero-order valence-corrected chi connectivity index (χ0v) is 9.41. The van der Waals surface area contributed by atoms with Crippen molar-refractivity contribution in [1.82, 2.24) is 5.32 Å². The maximum atomic E-state index is 5.01. The molecule has 2 unspecified atom stereocenters. The lowest BCUT2D eigenvalue weighted by Gasteiger charge is -2.18. The summed E-state index contributed by atoms with van der Waals surface area (Å²) in [5, 5.41) is 3.51. The molecular weight excluding hydrogens is 170 g/mol. The molecule has 12 heavy (non-hydrogen) atoms. The number of thioether (sulfide) groups is 1. The number of hydrogen-bond donors (Lipinski definition) is 1. The second-order valence-corrected chi connectivity index (χ2v) is 4.12. The van der Waals surface area contributed by atoms with Gasteiger partial charge in [0.15, 0.2) is 0 Å². The first kappa shape index (κ1) is 12.3. The van der Waals surface area contributed by atoms with Gasteiger partial charge < -0.3 is 10.1 Å². The minimum absolute atomic E-state index is 0.562. The van der Waals surface area contributed by atoms with Gasteiger partial charge in [0.25, 0.3) is 0 Å². The van der Waals surface area contributed by atoms with E-state index >= 15 is 0 Å². The van der Waals surface area contributed by atoms with Crippen molar-refractivity contribution < 1.29 is 4.74 Å². The standard InChI is InChI=1S/C9H21NOS/c1-8(5-6-11-3)10-9(2)7-12-4/h8-10H,5-7H2,1-4H3. The summed E-state index contributed by atoms with van der Waals surface area (Å²) >= 11 is 1.88. The van der Waals surface area contributed by atoms with Crippen molar-refractivity contribution in [3.8, 4) is 0 Å². The molecule has 0 fully saturated rings. The Morgan fingerprint density at radius 2 is 2.00 bits per heavy atom. The molecule has 0 aromatic rings. The summed E-state index contributed by atoms with van der Waals surface area (Å²) in [6.45, 7) is 5.27. The van der Waals surface area contributed by atoms with E-state index in [0.717, 1.165) is 13.0 Å². The van der Waals surface area contributed by atoms with Gasteiger partial charge in [-0.1, -0.05) is 0 Å². The van der Waals surface area contributed by atoms with Crippen molar-refractivity contribution >= 4 is 11.8 Å². The van der Waals surface area contributed by atoms with E-state index in [0.29, 0.717) is 12.1 Å². The summed E-state index contributed by atoms with van der Waals surface area (Å²) < 4.78 is 5.01. The molecule has 2 nitrogen and oxygen atoms in total. The maximum Gasteiger partial charge on any atom is 0.0476 e. The summed E-state index contributed by atoms with van der Waals surface area (Å²) in [5.41, 5.74) is 0. The van der Waals surface area contributed by atoms with Crippen LogP contribution in [0.15, 0.2) is 0 Å². The van der Waals surface area contributed by atoms with Gasteiger partial charge in [-0.2, -0.15) is 11.8 Å². The van der Waals surface area contributed by atoms with Crippen LogP contribution in [0.2, 0.25) is 0 Å². The molecule has 0 rings (SSSR count). The molecule has 2 atom stereocenters. The van der Waals surface area contributed by atoms with Gasteiger partial charge in [-0.3, -0.25) is 0 Å². The zero-order valence-electron chi connectivity index (χ0n) is 8.59. The van der Waals surface area contributed by atoms with Crippen LogP contribution in [0.1, 0.15) is 20.3 Å². The average molecular weight is 191 g/mol. The highest BCUT2D eigenvalue weighted by molar-refractivity contribution is 7.98. The monoisotopic (exact) mass is 191 g/mol.